The SMILES string of the molecule is CC1CCC(C2CC3CC(O)CC(C)C3CC2C)CC1C. The lowest BCUT2D eigenvalue weighted by Gasteiger charge is -2.50. The van der Waals surface area contributed by atoms with Crippen molar-refractivity contribution in [3.05, 3.63) is 0 Å². The summed E-state index contributed by atoms with van der Waals surface area (Å²) in [6.45, 7) is 9.83. The van der Waals surface area contributed by atoms with Crippen LogP contribution in [0.5, 0.6) is 0 Å². The molecule has 0 heterocycles. The predicted molar refractivity (Wildman–Crippen MR) is 88.9 cm³/mol. The molecule has 0 saturated heterocycles. The Morgan fingerprint density at radius 3 is 1.95 bits per heavy atom. The van der Waals surface area contributed by atoms with Gasteiger partial charge in [-0.3, -0.25) is 0 Å². The maximum atomic E-state index is 10.2. The Labute approximate surface area is 131 Å². The van der Waals surface area contributed by atoms with Gasteiger partial charge in [-0.05, 0) is 85.9 Å². The van der Waals surface area contributed by atoms with Gasteiger partial charge in [-0.25, -0.2) is 0 Å². The highest BCUT2D eigenvalue weighted by Crippen LogP contribution is 2.52. The number of aliphatic hydroxyl groups excluding tert-OH is 1. The average Bonchev–Trinajstić information content (AvgIpc) is 2.42. The van der Waals surface area contributed by atoms with Crippen LogP contribution in [0.3, 0.4) is 0 Å². The van der Waals surface area contributed by atoms with Gasteiger partial charge in [0.25, 0.3) is 0 Å². The molecule has 0 bridgehead atoms. The quantitative estimate of drug-likeness (QED) is 0.710. The van der Waals surface area contributed by atoms with Crippen molar-refractivity contribution in [3.8, 4) is 0 Å². The molecule has 0 spiro atoms. The van der Waals surface area contributed by atoms with Crippen LogP contribution in [-0.2, 0) is 0 Å². The Morgan fingerprint density at radius 1 is 0.571 bits per heavy atom. The molecule has 0 amide bonds. The third-order valence-electron chi connectivity index (χ3n) is 7.75. The zero-order chi connectivity index (χ0) is 15.1. The van der Waals surface area contributed by atoms with Gasteiger partial charge in [-0.1, -0.05) is 34.1 Å². The standard InChI is InChI=1S/C20H36O/c1-12-5-6-16(7-13(12)2)20-11-17-10-18(21)8-14(3)19(17)9-15(20)4/h12-21H,5-11H2,1-4H3. The van der Waals surface area contributed by atoms with Gasteiger partial charge in [-0.2, -0.15) is 0 Å². The Morgan fingerprint density at radius 2 is 1.24 bits per heavy atom. The molecule has 0 aromatic heterocycles. The Hall–Kier alpha value is -0.0400. The van der Waals surface area contributed by atoms with E-state index in [-0.39, 0.29) is 6.10 Å². The van der Waals surface area contributed by atoms with E-state index in [0.29, 0.717) is 0 Å². The molecule has 3 rings (SSSR count). The highest BCUT2D eigenvalue weighted by atomic mass is 16.3. The normalized spacial score (nSPS) is 55.0. The van der Waals surface area contributed by atoms with E-state index in [0.717, 1.165) is 60.2 Å². The minimum Gasteiger partial charge on any atom is -0.393 e. The van der Waals surface area contributed by atoms with E-state index in [1.54, 1.807) is 0 Å². The second kappa shape index (κ2) is 6.22. The zero-order valence-electron chi connectivity index (χ0n) is 14.6. The highest BCUT2D eigenvalue weighted by Gasteiger charge is 2.44. The summed E-state index contributed by atoms with van der Waals surface area (Å²) in [6, 6.07) is 0. The summed E-state index contributed by atoms with van der Waals surface area (Å²) in [5, 5.41) is 10.2. The fourth-order valence-corrected chi connectivity index (χ4v) is 6.21. The largest absolute Gasteiger partial charge is 0.393 e. The van der Waals surface area contributed by atoms with Gasteiger partial charge in [0, 0.05) is 0 Å². The fraction of sp³-hybridized carbons (Fsp3) is 1.00. The van der Waals surface area contributed by atoms with Crippen molar-refractivity contribution in [3.63, 3.8) is 0 Å². The molecule has 3 saturated carbocycles. The summed E-state index contributed by atoms with van der Waals surface area (Å²) in [6.07, 6.45) is 9.36. The predicted octanol–water partition coefficient (Wildman–Crippen LogP) is 5.13. The molecule has 1 N–H and O–H groups in total. The summed E-state index contributed by atoms with van der Waals surface area (Å²) < 4.78 is 0. The van der Waals surface area contributed by atoms with E-state index in [1.165, 1.54) is 32.1 Å². The molecular weight excluding hydrogens is 256 g/mol. The van der Waals surface area contributed by atoms with Crippen LogP contribution in [0, 0.1) is 47.3 Å². The molecule has 1 heteroatoms. The second-order valence-electron chi connectivity index (χ2n) is 9.17. The zero-order valence-corrected chi connectivity index (χ0v) is 14.6. The number of rotatable bonds is 1. The van der Waals surface area contributed by atoms with Crippen molar-refractivity contribution >= 4 is 0 Å². The van der Waals surface area contributed by atoms with Gasteiger partial charge in [0.1, 0.15) is 0 Å². The molecule has 21 heavy (non-hydrogen) atoms. The third kappa shape index (κ3) is 3.19. The van der Waals surface area contributed by atoms with Gasteiger partial charge >= 0.3 is 0 Å². The first kappa shape index (κ1) is 15.8. The molecule has 3 aliphatic carbocycles. The van der Waals surface area contributed by atoms with Crippen LogP contribution in [-0.4, -0.2) is 11.2 Å². The molecule has 0 aliphatic heterocycles. The van der Waals surface area contributed by atoms with Gasteiger partial charge in [-0.15, -0.1) is 0 Å². The van der Waals surface area contributed by atoms with Crippen LogP contribution in [0.15, 0.2) is 0 Å². The summed E-state index contributed by atoms with van der Waals surface area (Å²) >= 11 is 0. The maximum Gasteiger partial charge on any atom is 0.0545 e. The van der Waals surface area contributed by atoms with Crippen LogP contribution in [0.25, 0.3) is 0 Å². The second-order valence-corrected chi connectivity index (χ2v) is 9.17. The highest BCUT2D eigenvalue weighted by molar-refractivity contribution is 4.94. The van der Waals surface area contributed by atoms with E-state index < -0.39 is 0 Å². The topological polar surface area (TPSA) is 20.2 Å². The Kier molecular flexibility index (Phi) is 4.69. The molecule has 0 radical (unpaired) electrons. The molecule has 0 aromatic carbocycles. The van der Waals surface area contributed by atoms with Gasteiger partial charge in [0.05, 0.1) is 6.10 Å². The lowest BCUT2D eigenvalue weighted by molar-refractivity contribution is -0.0359. The van der Waals surface area contributed by atoms with Crippen molar-refractivity contribution in [2.45, 2.75) is 78.7 Å². The number of hydrogen-bond acceptors (Lipinski definition) is 1. The molecular formula is C20H36O. The summed E-state index contributed by atoms with van der Waals surface area (Å²) in [7, 11) is 0. The first-order chi connectivity index (χ1) is 9.95. The number of hydrogen-bond donors (Lipinski definition) is 1. The Balaban J connectivity index is 1.67. The van der Waals surface area contributed by atoms with E-state index >= 15 is 0 Å². The average molecular weight is 293 g/mol. The lowest BCUT2D eigenvalue weighted by Crippen LogP contribution is -2.43. The van der Waals surface area contributed by atoms with Gasteiger partial charge in [0.2, 0.25) is 0 Å². The van der Waals surface area contributed by atoms with Crippen LogP contribution in [0.4, 0.5) is 0 Å². The smallest absolute Gasteiger partial charge is 0.0545 e. The van der Waals surface area contributed by atoms with Crippen LogP contribution in [0.1, 0.15) is 72.6 Å². The minimum absolute atomic E-state index is 0.0133. The molecule has 0 aromatic rings. The van der Waals surface area contributed by atoms with E-state index in [1.807, 2.05) is 0 Å². The van der Waals surface area contributed by atoms with Crippen molar-refractivity contribution < 1.29 is 5.11 Å². The summed E-state index contributed by atoms with van der Waals surface area (Å²) in [5.41, 5.74) is 0. The molecule has 3 aliphatic rings. The molecule has 3 fully saturated rings. The van der Waals surface area contributed by atoms with Crippen molar-refractivity contribution in [1.82, 2.24) is 0 Å². The number of fused-ring (bicyclic) bond motifs is 1. The Bertz CT molecular complexity index is 352. The molecule has 9 unspecified atom stereocenters. The van der Waals surface area contributed by atoms with Crippen LogP contribution < -0.4 is 0 Å². The van der Waals surface area contributed by atoms with E-state index in [9.17, 15) is 5.11 Å². The van der Waals surface area contributed by atoms with Gasteiger partial charge < -0.3 is 5.11 Å². The van der Waals surface area contributed by atoms with Crippen molar-refractivity contribution in [1.29, 1.82) is 0 Å². The molecule has 1 nitrogen and oxygen atoms in total. The van der Waals surface area contributed by atoms with Crippen LogP contribution in [0.2, 0.25) is 0 Å². The number of aliphatic hydroxyl groups is 1. The summed E-state index contributed by atoms with van der Waals surface area (Å²) in [5.74, 6) is 7.15. The lowest BCUT2D eigenvalue weighted by atomic mass is 9.56. The van der Waals surface area contributed by atoms with Crippen LogP contribution >= 0.6 is 0 Å². The van der Waals surface area contributed by atoms with Crippen molar-refractivity contribution in [2.75, 3.05) is 0 Å². The van der Waals surface area contributed by atoms with Gasteiger partial charge in [0.15, 0.2) is 0 Å². The van der Waals surface area contributed by atoms with Crippen molar-refractivity contribution in [2.24, 2.45) is 47.3 Å². The third-order valence-corrected chi connectivity index (χ3v) is 7.75. The monoisotopic (exact) mass is 292 g/mol. The maximum absolute atomic E-state index is 10.2. The first-order valence-corrected chi connectivity index (χ1v) is 9.63. The first-order valence-electron chi connectivity index (χ1n) is 9.63. The minimum atomic E-state index is -0.0133. The van der Waals surface area contributed by atoms with E-state index in [2.05, 4.69) is 27.7 Å². The van der Waals surface area contributed by atoms with E-state index in [4.69, 9.17) is 0 Å². The molecule has 9 atom stereocenters. The summed E-state index contributed by atoms with van der Waals surface area (Å²) in [4.78, 5) is 0. The fourth-order valence-electron chi connectivity index (χ4n) is 6.21. The molecule has 122 valence electrons.